The minimum atomic E-state index is 0. The van der Waals surface area contributed by atoms with Crippen LogP contribution in [0.25, 0.3) is 0 Å². The molecular formula is C12H18ClN2-. The van der Waals surface area contributed by atoms with Gasteiger partial charge >= 0.3 is 0 Å². The maximum atomic E-state index is 3.51. The summed E-state index contributed by atoms with van der Waals surface area (Å²) < 4.78 is 0. The van der Waals surface area contributed by atoms with Crippen LogP contribution in [0.1, 0.15) is 18.4 Å². The normalized spacial score (nSPS) is 14.5. The van der Waals surface area contributed by atoms with E-state index >= 15 is 0 Å². The predicted octanol–water partition coefficient (Wildman–Crippen LogP) is -0.991. The molecule has 1 aromatic rings. The first-order valence-electron chi connectivity index (χ1n) is 5.25. The van der Waals surface area contributed by atoms with Crippen molar-refractivity contribution in [2.24, 2.45) is 0 Å². The highest BCUT2D eigenvalue weighted by molar-refractivity contribution is 5.45. The zero-order chi connectivity index (χ0) is 9.97. The lowest BCUT2D eigenvalue weighted by molar-refractivity contribution is -0.00000301. The van der Waals surface area contributed by atoms with Gasteiger partial charge in [0.1, 0.15) is 0 Å². The Morgan fingerprint density at radius 3 is 2.27 bits per heavy atom. The molecule has 0 amide bonds. The van der Waals surface area contributed by atoms with Gasteiger partial charge in [-0.1, -0.05) is 12.1 Å². The Morgan fingerprint density at radius 2 is 1.80 bits per heavy atom. The Labute approximate surface area is 98.1 Å². The molecule has 2 rings (SSSR count). The number of hydrogen-bond donors (Lipinski definition) is 1. The van der Waals surface area contributed by atoms with Crippen LogP contribution in [0.3, 0.4) is 0 Å². The second kappa shape index (κ2) is 5.38. The van der Waals surface area contributed by atoms with Gasteiger partial charge in [0.15, 0.2) is 0 Å². The predicted molar refractivity (Wildman–Crippen MR) is 60.6 cm³/mol. The van der Waals surface area contributed by atoms with Crippen LogP contribution in [0.4, 0.5) is 5.69 Å². The summed E-state index contributed by atoms with van der Waals surface area (Å²) in [5.74, 6) is 0. The average Bonchev–Trinajstić information content (AvgIpc) is 2.99. The molecule has 0 bridgehead atoms. The Morgan fingerprint density at radius 1 is 1.20 bits per heavy atom. The summed E-state index contributed by atoms with van der Waals surface area (Å²) in [6.07, 6.45) is 2.71. The molecule has 1 aromatic carbocycles. The van der Waals surface area contributed by atoms with Gasteiger partial charge in [-0.25, -0.2) is 0 Å². The van der Waals surface area contributed by atoms with Crippen LogP contribution in [0.15, 0.2) is 24.3 Å². The fourth-order valence-corrected chi connectivity index (χ4v) is 1.46. The van der Waals surface area contributed by atoms with Gasteiger partial charge < -0.3 is 22.6 Å². The highest BCUT2D eigenvalue weighted by Crippen LogP contribution is 2.19. The Hall–Kier alpha value is -0.730. The molecule has 15 heavy (non-hydrogen) atoms. The molecule has 2 nitrogen and oxygen atoms in total. The lowest BCUT2D eigenvalue weighted by Crippen LogP contribution is -3.00. The third-order valence-electron chi connectivity index (χ3n) is 2.62. The van der Waals surface area contributed by atoms with Crippen molar-refractivity contribution in [1.82, 2.24) is 5.32 Å². The largest absolute Gasteiger partial charge is 1.00 e. The maximum Gasteiger partial charge on any atom is 0.0361 e. The summed E-state index contributed by atoms with van der Waals surface area (Å²) in [7, 11) is 4.13. The second-order valence-electron chi connectivity index (χ2n) is 4.22. The Bertz CT molecular complexity index is 291. The van der Waals surface area contributed by atoms with E-state index in [1.54, 1.807) is 0 Å². The zero-order valence-corrected chi connectivity index (χ0v) is 10.1. The third kappa shape index (κ3) is 3.73. The third-order valence-corrected chi connectivity index (χ3v) is 2.62. The van der Waals surface area contributed by atoms with Crippen molar-refractivity contribution in [3.63, 3.8) is 0 Å². The number of benzene rings is 1. The van der Waals surface area contributed by atoms with Crippen LogP contribution < -0.4 is 22.6 Å². The molecule has 0 aliphatic heterocycles. The number of hydrogen-bond acceptors (Lipinski definition) is 2. The van der Waals surface area contributed by atoms with E-state index in [9.17, 15) is 0 Å². The molecule has 0 radical (unpaired) electrons. The van der Waals surface area contributed by atoms with Crippen LogP contribution >= 0.6 is 0 Å². The quantitative estimate of drug-likeness (QED) is 0.708. The number of nitrogens with one attached hydrogen (secondary N) is 1. The molecule has 1 aliphatic carbocycles. The van der Waals surface area contributed by atoms with Gasteiger partial charge in [0, 0.05) is 32.4 Å². The number of anilines is 1. The summed E-state index contributed by atoms with van der Waals surface area (Å²) in [6.45, 7) is 1.01. The molecule has 0 unspecified atom stereocenters. The average molecular weight is 226 g/mol. The van der Waals surface area contributed by atoms with E-state index in [2.05, 4.69) is 48.6 Å². The van der Waals surface area contributed by atoms with Crippen molar-refractivity contribution in [3.8, 4) is 0 Å². The van der Waals surface area contributed by atoms with E-state index in [1.165, 1.54) is 24.1 Å². The molecule has 0 heterocycles. The molecule has 1 N–H and O–H groups in total. The standard InChI is InChI=1S/C12H18N2.ClH/c1-14(2)12-7-3-10(4-8-12)9-13-11-5-6-11;/h3-4,7-8,11,13H,5-6,9H2,1-2H3;1H/p-1. The van der Waals surface area contributed by atoms with E-state index in [1.807, 2.05) is 0 Å². The van der Waals surface area contributed by atoms with Gasteiger partial charge in [0.05, 0.1) is 0 Å². The topological polar surface area (TPSA) is 15.3 Å². The smallest absolute Gasteiger partial charge is 0.0361 e. The van der Waals surface area contributed by atoms with Crippen LogP contribution in [0, 0.1) is 0 Å². The highest BCUT2D eigenvalue weighted by Gasteiger charge is 2.19. The maximum absolute atomic E-state index is 3.51. The Balaban J connectivity index is 0.00000112. The molecule has 1 saturated carbocycles. The van der Waals surface area contributed by atoms with Crippen molar-refractivity contribution >= 4 is 5.69 Å². The first-order chi connectivity index (χ1) is 6.75. The van der Waals surface area contributed by atoms with Gasteiger partial charge in [-0.15, -0.1) is 0 Å². The van der Waals surface area contributed by atoms with E-state index < -0.39 is 0 Å². The number of halogens is 1. The summed E-state index contributed by atoms with van der Waals surface area (Å²) in [4.78, 5) is 2.12. The van der Waals surface area contributed by atoms with E-state index in [0.717, 1.165) is 12.6 Å². The van der Waals surface area contributed by atoms with Crippen molar-refractivity contribution in [3.05, 3.63) is 29.8 Å². The first-order valence-corrected chi connectivity index (χ1v) is 5.25. The molecule has 0 atom stereocenters. The van der Waals surface area contributed by atoms with Gasteiger partial charge in [0.2, 0.25) is 0 Å². The van der Waals surface area contributed by atoms with Crippen LogP contribution in [-0.4, -0.2) is 20.1 Å². The SMILES string of the molecule is CN(C)c1ccc(CNC2CC2)cc1.[Cl-]. The number of nitrogens with zero attached hydrogens (tertiary/aromatic N) is 1. The van der Waals surface area contributed by atoms with Crippen LogP contribution in [0.5, 0.6) is 0 Å². The van der Waals surface area contributed by atoms with Crippen molar-refractivity contribution in [1.29, 1.82) is 0 Å². The van der Waals surface area contributed by atoms with Crippen LogP contribution in [0.2, 0.25) is 0 Å². The van der Waals surface area contributed by atoms with E-state index in [-0.39, 0.29) is 12.4 Å². The monoisotopic (exact) mass is 225 g/mol. The minimum Gasteiger partial charge on any atom is -1.00 e. The molecule has 1 fully saturated rings. The van der Waals surface area contributed by atoms with E-state index in [0.29, 0.717) is 0 Å². The van der Waals surface area contributed by atoms with Gasteiger partial charge in [-0.3, -0.25) is 0 Å². The molecule has 1 aliphatic rings. The second-order valence-corrected chi connectivity index (χ2v) is 4.22. The summed E-state index contributed by atoms with van der Waals surface area (Å²) in [6, 6.07) is 9.53. The molecule has 84 valence electrons. The van der Waals surface area contributed by atoms with Gasteiger partial charge in [-0.05, 0) is 30.5 Å². The van der Waals surface area contributed by atoms with Gasteiger partial charge in [0.25, 0.3) is 0 Å². The van der Waals surface area contributed by atoms with Crippen molar-refractivity contribution in [2.45, 2.75) is 25.4 Å². The van der Waals surface area contributed by atoms with Crippen LogP contribution in [-0.2, 0) is 6.54 Å². The minimum absolute atomic E-state index is 0. The zero-order valence-electron chi connectivity index (χ0n) is 9.33. The molecule has 0 aromatic heterocycles. The lowest BCUT2D eigenvalue weighted by atomic mass is 10.2. The molecule has 3 heteroatoms. The Kier molecular flexibility index (Phi) is 4.43. The lowest BCUT2D eigenvalue weighted by Gasteiger charge is -2.12. The van der Waals surface area contributed by atoms with E-state index in [4.69, 9.17) is 0 Å². The molecule has 0 saturated heterocycles. The number of rotatable bonds is 4. The summed E-state index contributed by atoms with van der Waals surface area (Å²) in [5, 5.41) is 3.51. The fraction of sp³-hybridized carbons (Fsp3) is 0.500. The highest BCUT2D eigenvalue weighted by atomic mass is 35.5. The fourth-order valence-electron chi connectivity index (χ4n) is 1.46. The van der Waals surface area contributed by atoms with Gasteiger partial charge in [-0.2, -0.15) is 0 Å². The van der Waals surface area contributed by atoms with Crippen molar-refractivity contribution < 1.29 is 12.4 Å². The first kappa shape index (κ1) is 12.3. The molecular weight excluding hydrogens is 208 g/mol. The summed E-state index contributed by atoms with van der Waals surface area (Å²) in [5.41, 5.74) is 2.64. The summed E-state index contributed by atoms with van der Waals surface area (Å²) >= 11 is 0. The molecule has 0 spiro atoms. The van der Waals surface area contributed by atoms with Crippen molar-refractivity contribution in [2.75, 3.05) is 19.0 Å².